The summed E-state index contributed by atoms with van der Waals surface area (Å²) >= 11 is 6.13. The van der Waals surface area contributed by atoms with Crippen molar-refractivity contribution in [2.24, 2.45) is 5.73 Å². The summed E-state index contributed by atoms with van der Waals surface area (Å²) in [5, 5.41) is 10.8. The molecule has 0 aliphatic rings. The number of aromatic amines is 1. The van der Waals surface area contributed by atoms with Gasteiger partial charge in [0.05, 0.1) is 23.7 Å². The average molecular weight is 282 g/mol. The number of hydrogen-bond donors (Lipinski definition) is 3. The number of thiocarbonyl (C=S) groups is 1. The number of thiophene rings is 1. The number of H-pyrrole nitrogens is 1. The number of carbonyl (C=O) groups excluding carboxylic acids is 1. The molecule has 2 aromatic rings. The molecule has 1 amide bonds. The summed E-state index contributed by atoms with van der Waals surface area (Å²) in [5.74, 6) is 0.759. The van der Waals surface area contributed by atoms with Gasteiger partial charge in [0.15, 0.2) is 0 Å². The highest BCUT2D eigenvalue weighted by atomic mass is 32.1. The van der Waals surface area contributed by atoms with Crippen LogP contribution in [-0.4, -0.2) is 28.2 Å². The Morgan fingerprint density at radius 3 is 3.06 bits per heavy atom. The summed E-state index contributed by atoms with van der Waals surface area (Å²) < 4.78 is 5.01. The van der Waals surface area contributed by atoms with Gasteiger partial charge >= 0.3 is 0 Å². The van der Waals surface area contributed by atoms with E-state index >= 15 is 0 Å². The Labute approximate surface area is 112 Å². The molecule has 0 bridgehead atoms. The molecule has 0 aliphatic heterocycles. The molecule has 2 aromatic heterocycles. The van der Waals surface area contributed by atoms with Gasteiger partial charge in [0, 0.05) is 11.4 Å². The van der Waals surface area contributed by atoms with Crippen LogP contribution in [-0.2, 0) is 0 Å². The van der Waals surface area contributed by atoms with E-state index < -0.39 is 0 Å². The summed E-state index contributed by atoms with van der Waals surface area (Å²) in [6.07, 6.45) is 1.47. The number of nitrogens with two attached hydrogens (primary N) is 1. The van der Waals surface area contributed by atoms with Gasteiger partial charge in [0.25, 0.3) is 5.91 Å². The van der Waals surface area contributed by atoms with Crippen LogP contribution in [0.1, 0.15) is 15.2 Å². The average Bonchev–Trinajstić information content (AvgIpc) is 2.96. The van der Waals surface area contributed by atoms with Crippen LogP contribution in [0.4, 0.5) is 5.82 Å². The topological polar surface area (TPSA) is 93.0 Å². The van der Waals surface area contributed by atoms with E-state index in [1.165, 1.54) is 17.5 Å². The lowest BCUT2D eigenvalue weighted by atomic mass is 10.3. The highest BCUT2D eigenvalue weighted by Crippen LogP contribution is 2.22. The van der Waals surface area contributed by atoms with Crippen molar-refractivity contribution in [1.82, 2.24) is 10.2 Å². The quantitative estimate of drug-likeness (QED) is 0.736. The molecule has 8 heteroatoms. The second-order valence-corrected chi connectivity index (χ2v) is 4.68. The summed E-state index contributed by atoms with van der Waals surface area (Å²) in [7, 11) is 1.55. The van der Waals surface area contributed by atoms with Gasteiger partial charge in [-0.25, -0.2) is 0 Å². The monoisotopic (exact) mass is 282 g/mol. The first-order valence-corrected chi connectivity index (χ1v) is 6.17. The minimum Gasteiger partial charge on any atom is -0.496 e. The Morgan fingerprint density at radius 2 is 2.44 bits per heavy atom. The van der Waals surface area contributed by atoms with Crippen LogP contribution in [0.15, 0.2) is 17.6 Å². The van der Waals surface area contributed by atoms with Crippen LogP contribution < -0.4 is 15.8 Å². The Bertz CT molecular complexity index is 590. The fourth-order valence-electron chi connectivity index (χ4n) is 1.29. The van der Waals surface area contributed by atoms with E-state index in [0.29, 0.717) is 22.0 Å². The van der Waals surface area contributed by atoms with Crippen LogP contribution in [0.25, 0.3) is 0 Å². The molecule has 6 nitrogen and oxygen atoms in total. The number of amides is 1. The SMILES string of the molecule is COc1csc(C(=O)Nc2[nH]ncc2C(N)=S)c1. The van der Waals surface area contributed by atoms with Gasteiger partial charge in [-0.1, -0.05) is 12.2 Å². The molecule has 18 heavy (non-hydrogen) atoms. The Kier molecular flexibility index (Phi) is 3.58. The lowest BCUT2D eigenvalue weighted by Crippen LogP contribution is -2.16. The van der Waals surface area contributed by atoms with E-state index in [9.17, 15) is 4.79 Å². The molecule has 0 unspecified atom stereocenters. The number of anilines is 1. The van der Waals surface area contributed by atoms with Gasteiger partial charge in [0.1, 0.15) is 16.6 Å². The lowest BCUT2D eigenvalue weighted by Gasteiger charge is -2.02. The maximum Gasteiger partial charge on any atom is 0.267 e. The van der Waals surface area contributed by atoms with Crippen molar-refractivity contribution in [3.63, 3.8) is 0 Å². The van der Waals surface area contributed by atoms with Gasteiger partial charge in [-0.15, -0.1) is 11.3 Å². The molecule has 94 valence electrons. The molecule has 0 aliphatic carbocycles. The summed E-state index contributed by atoms with van der Waals surface area (Å²) in [4.78, 5) is 12.6. The van der Waals surface area contributed by atoms with Crippen LogP contribution in [0.3, 0.4) is 0 Å². The van der Waals surface area contributed by atoms with E-state index in [1.807, 2.05) is 0 Å². The van der Waals surface area contributed by atoms with Crippen molar-refractivity contribution < 1.29 is 9.53 Å². The third-order valence-corrected chi connectivity index (χ3v) is 3.31. The third-order valence-electron chi connectivity index (χ3n) is 2.18. The molecule has 2 heterocycles. The van der Waals surface area contributed by atoms with E-state index in [2.05, 4.69) is 15.5 Å². The summed E-state index contributed by atoms with van der Waals surface area (Å²) in [6.45, 7) is 0. The number of hydrogen-bond acceptors (Lipinski definition) is 5. The van der Waals surface area contributed by atoms with Crippen molar-refractivity contribution in [1.29, 1.82) is 0 Å². The predicted molar refractivity (Wildman–Crippen MR) is 73.3 cm³/mol. The largest absolute Gasteiger partial charge is 0.496 e. The van der Waals surface area contributed by atoms with Gasteiger partial charge < -0.3 is 15.8 Å². The van der Waals surface area contributed by atoms with Crippen molar-refractivity contribution >= 4 is 40.3 Å². The number of aromatic nitrogens is 2. The number of methoxy groups -OCH3 is 1. The molecule has 0 spiro atoms. The van der Waals surface area contributed by atoms with Gasteiger partial charge in [0.2, 0.25) is 0 Å². The van der Waals surface area contributed by atoms with Gasteiger partial charge in [-0.3, -0.25) is 9.89 Å². The number of nitrogens with zero attached hydrogens (tertiary/aromatic N) is 1. The number of carbonyl (C=O) groups is 1. The van der Waals surface area contributed by atoms with E-state index in [1.54, 1.807) is 18.6 Å². The normalized spacial score (nSPS) is 10.1. The number of ether oxygens (including phenoxy) is 1. The molecular formula is C10H10N4O2S2. The number of nitrogens with one attached hydrogen (secondary N) is 2. The molecule has 0 saturated carbocycles. The third kappa shape index (κ3) is 2.49. The minimum absolute atomic E-state index is 0.169. The predicted octanol–water partition coefficient (Wildman–Crippen LogP) is 1.37. The zero-order valence-corrected chi connectivity index (χ0v) is 11.0. The van der Waals surface area contributed by atoms with Crippen molar-refractivity contribution in [2.75, 3.05) is 12.4 Å². The first kappa shape index (κ1) is 12.5. The molecule has 0 radical (unpaired) electrons. The summed E-state index contributed by atoms with van der Waals surface area (Å²) in [6, 6.07) is 1.65. The van der Waals surface area contributed by atoms with E-state index in [-0.39, 0.29) is 10.9 Å². The Hall–Kier alpha value is -1.93. The smallest absolute Gasteiger partial charge is 0.267 e. The molecule has 2 rings (SSSR count). The van der Waals surface area contributed by atoms with E-state index in [0.717, 1.165) is 0 Å². The molecule has 0 fully saturated rings. The van der Waals surface area contributed by atoms with Crippen molar-refractivity contribution in [3.05, 3.63) is 28.1 Å². The van der Waals surface area contributed by atoms with Gasteiger partial charge in [-0.05, 0) is 0 Å². The van der Waals surface area contributed by atoms with Gasteiger partial charge in [-0.2, -0.15) is 5.10 Å². The number of rotatable bonds is 4. The molecular weight excluding hydrogens is 272 g/mol. The second kappa shape index (κ2) is 5.15. The fraction of sp³-hybridized carbons (Fsp3) is 0.100. The first-order chi connectivity index (χ1) is 8.61. The fourth-order valence-corrected chi connectivity index (χ4v) is 2.19. The molecule has 0 saturated heterocycles. The van der Waals surface area contributed by atoms with Crippen molar-refractivity contribution in [3.8, 4) is 5.75 Å². The van der Waals surface area contributed by atoms with Crippen LogP contribution in [0, 0.1) is 0 Å². The standard InChI is InChI=1S/C10H10N4O2S2/c1-16-5-2-7(18-4-5)10(15)13-9-6(8(11)17)3-12-14-9/h2-4H,1H3,(H2,11,17)(H2,12,13,14,15). The Morgan fingerprint density at radius 1 is 1.67 bits per heavy atom. The van der Waals surface area contributed by atoms with E-state index in [4.69, 9.17) is 22.7 Å². The maximum absolute atomic E-state index is 11.9. The minimum atomic E-state index is -0.273. The Balaban J connectivity index is 2.16. The second-order valence-electron chi connectivity index (χ2n) is 3.33. The first-order valence-electron chi connectivity index (χ1n) is 4.89. The molecule has 4 N–H and O–H groups in total. The molecule has 0 atom stereocenters. The maximum atomic E-state index is 11.9. The van der Waals surface area contributed by atoms with Crippen LogP contribution >= 0.6 is 23.6 Å². The van der Waals surface area contributed by atoms with Crippen molar-refractivity contribution in [2.45, 2.75) is 0 Å². The zero-order valence-electron chi connectivity index (χ0n) is 9.39. The van der Waals surface area contributed by atoms with Crippen LogP contribution in [0.2, 0.25) is 0 Å². The molecule has 0 aromatic carbocycles. The highest BCUT2D eigenvalue weighted by Gasteiger charge is 2.14. The van der Waals surface area contributed by atoms with Crippen LogP contribution in [0.5, 0.6) is 5.75 Å². The highest BCUT2D eigenvalue weighted by molar-refractivity contribution is 7.80. The summed E-state index contributed by atoms with van der Waals surface area (Å²) in [5.41, 5.74) is 6.00. The zero-order chi connectivity index (χ0) is 13.1. The lowest BCUT2D eigenvalue weighted by molar-refractivity contribution is 0.103.